The number of hydrogen-bond acceptors (Lipinski definition) is 2. The molecule has 0 radical (unpaired) electrons. The summed E-state index contributed by atoms with van der Waals surface area (Å²) in [5.41, 5.74) is 1.43. The summed E-state index contributed by atoms with van der Waals surface area (Å²) in [5.74, 6) is 0.953. The van der Waals surface area contributed by atoms with Gasteiger partial charge in [0.05, 0.1) is 0 Å². The van der Waals surface area contributed by atoms with Gasteiger partial charge in [0.1, 0.15) is 0 Å². The normalized spacial score (nSPS) is 21.9. The Morgan fingerprint density at radius 3 is 2.67 bits per heavy atom. The molecule has 1 aromatic carbocycles. The Labute approximate surface area is 130 Å². The molecule has 2 rings (SSSR count). The van der Waals surface area contributed by atoms with E-state index in [1.165, 1.54) is 50.8 Å². The van der Waals surface area contributed by atoms with E-state index in [2.05, 4.69) is 54.4 Å². The van der Waals surface area contributed by atoms with Crippen molar-refractivity contribution < 1.29 is 0 Å². The van der Waals surface area contributed by atoms with Crippen LogP contribution in [-0.4, -0.2) is 31.1 Å². The summed E-state index contributed by atoms with van der Waals surface area (Å²) in [6.45, 7) is 9.39. The monoisotopic (exact) mass is 288 g/mol. The van der Waals surface area contributed by atoms with Crippen molar-refractivity contribution in [2.45, 2.75) is 52.0 Å². The van der Waals surface area contributed by atoms with Gasteiger partial charge in [0.25, 0.3) is 0 Å². The first-order valence-electron chi connectivity index (χ1n) is 8.84. The second-order valence-electron chi connectivity index (χ2n) is 6.42. The van der Waals surface area contributed by atoms with Gasteiger partial charge in [-0.2, -0.15) is 0 Å². The summed E-state index contributed by atoms with van der Waals surface area (Å²) in [4.78, 5) is 2.68. The van der Waals surface area contributed by atoms with E-state index in [0.717, 1.165) is 19.0 Å². The SMILES string of the molecule is CCCNC(CN1CCCC(CC)CC1)c1ccccc1. The van der Waals surface area contributed by atoms with Crippen molar-refractivity contribution in [3.8, 4) is 0 Å². The molecule has 0 amide bonds. The third-order valence-electron chi connectivity index (χ3n) is 4.80. The van der Waals surface area contributed by atoms with Crippen LogP contribution in [0.1, 0.15) is 57.6 Å². The molecule has 0 spiro atoms. The molecular formula is C19H32N2. The lowest BCUT2D eigenvalue weighted by Crippen LogP contribution is -2.36. The summed E-state index contributed by atoms with van der Waals surface area (Å²) in [5, 5.41) is 3.74. The molecule has 1 saturated heterocycles. The van der Waals surface area contributed by atoms with Gasteiger partial charge >= 0.3 is 0 Å². The highest BCUT2D eigenvalue weighted by Gasteiger charge is 2.19. The molecule has 0 bridgehead atoms. The minimum atomic E-state index is 0.476. The van der Waals surface area contributed by atoms with Crippen LogP contribution in [0, 0.1) is 5.92 Å². The fourth-order valence-electron chi connectivity index (χ4n) is 3.37. The average Bonchev–Trinajstić information content (AvgIpc) is 2.77. The Hall–Kier alpha value is -0.860. The summed E-state index contributed by atoms with van der Waals surface area (Å²) >= 11 is 0. The lowest BCUT2D eigenvalue weighted by atomic mass is 9.98. The van der Waals surface area contributed by atoms with Crippen LogP contribution >= 0.6 is 0 Å². The third-order valence-corrected chi connectivity index (χ3v) is 4.80. The van der Waals surface area contributed by atoms with Crippen LogP contribution in [0.5, 0.6) is 0 Å². The van der Waals surface area contributed by atoms with E-state index in [0.29, 0.717) is 6.04 Å². The van der Waals surface area contributed by atoms with Crippen molar-refractivity contribution >= 4 is 0 Å². The maximum Gasteiger partial charge on any atom is 0.0449 e. The molecule has 1 heterocycles. The molecule has 1 aromatic rings. The molecule has 1 fully saturated rings. The van der Waals surface area contributed by atoms with Gasteiger partial charge in [-0.05, 0) is 56.8 Å². The Kier molecular flexibility index (Phi) is 7.25. The van der Waals surface area contributed by atoms with Crippen molar-refractivity contribution in [1.82, 2.24) is 10.2 Å². The highest BCUT2D eigenvalue weighted by atomic mass is 15.1. The van der Waals surface area contributed by atoms with Crippen LogP contribution in [0.25, 0.3) is 0 Å². The Balaban J connectivity index is 1.94. The number of likely N-dealkylation sites (tertiary alicyclic amines) is 1. The largest absolute Gasteiger partial charge is 0.309 e. The molecule has 0 aromatic heterocycles. The molecule has 0 saturated carbocycles. The predicted molar refractivity (Wildman–Crippen MR) is 91.5 cm³/mol. The molecule has 0 aliphatic carbocycles. The van der Waals surface area contributed by atoms with Gasteiger partial charge in [0.15, 0.2) is 0 Å². The Morgan fingerprint density at radius 1 is 1.14 bits per heavy atom. The second-order valence-corrected chi connectivity index (χ2v) is 6.42. The van der Waals surface area contributed by atoms with E-state index in [-0.39, 0.29) is 0 Å². The first-order chi connectivity index (χ1) is 10.3. The van der Waals surface area contributed by atoms with E-state index in [1.807, 2.05) is 0 Å². The van der Waals surface area contributed by atoms with E-state index in [9.17, 15) is 0 Å². The van der Waals surface area contributed by atoms with Gasteiger partial charge < -0.3 is 10.2 Å². The molecule has 118 valence electrons. The molecule has 2 nitrogen and oxygen atoms in total. The molecule has 2 heteroatoms. The molecular weight excluding hydrogens is 256 g/mol. The molecule has 2 unspecified atom stereocenters. The molecule has 1 aliphatic heterocycles. The van der Waals surface area contributed by atoms with Crippen molar-refractivity contribution in [1.29, 1.82) is 0 Å². The summed E-state index contributed by atoms with van der Waals surface area (Å²) < 4.78 is 0. The van der Waals surface area contributed by atoms with Gasteiger partial charge in [-0.25, -0.2) is 0 Å². The third kappa shape index (κ3) is 5.44. The fraction of sp³-hybridized carbons (Fsp3) is 0.684. The molecule has 1 aliphatic rings. The zero-order chi connectivity index (χ0) is 14.9. The minimum Gasteiger partial charge on any atom is -0.309 e. The van der Waals surface area contributed by atoms with Gasteiger partial charge in [0.2, 0.25) is 0 Å². The molecule has 1 N–H and O–H groups in total. The van der Waals surface area contributed by atoms with Gasteiger partial charge in [-0.1, -0.05) is 50.6 Å². The van der Waals surface area contributed by atoms with E-state index in [4.69, 9.17) is 0 Å². The van der Waals surface area contributed by atoms with Crippen LogP contribution in [0.3, 0.4) is 0 Å². The molecule has 2 atom stereocenters. The number of nitrogens with one attached hydrogen (secondary N) is 1. The van der Waals surface area contributed by atoms with Crippen molar-refractivity contribution in [3.63, 3.8) is 0 Å². The van der Waals surface area contributed by atoms with E-state index in [1.54, 1.807) is 0 Å². The van der Waals surface area contributed by atoms with Gasteiger partial charge in [-0.15, -0.1) is 0 Å². The minimum absolute atomic E-state index is 0.476. The van der Waals surface area contributed by atoms with Crippen molar-refractivity contribution in [2.75, 3.05) is 26.2 Å². The maximum absolute atomic E-state index is 3.74. The highest BCUT2D eigenvalue weighted by molar-refractivity contribution is 5.19. The van der Waals surface area contributed by atoms with Gasteiger partial charge in [0, 0.05) is 12.6 Å². The Bertz CT molecular complexity index is 376. The second kappa shape index (κ2) is 9.22. The zero-order valence-electron chi connectivity index (χ0n) is 13.9. The van der Waals surface area contributed by atoms with Crippen LogP contribution in [-0.2, 0) is 0 Å². The predicted octanol–water partition coefficient (Wildman–Crippen LogP) is 4.24. The maximum atomic E-state index is 3.74. The van der Waals surface area contributed by atoms with Gasteiger partial charge in [-0.3, -0.25) is 0 Å². The fourth-order valence-corrected chi connectivity index (χ4v) is 3.37. The van der Waals surface area contributed by atoms with Crippen molar-refractivity contribution in [3.05, 3.63) is 35.9 Å². The lowest BCUT2D eigenvalue weighted by molar-refractivity contribution is 0.247. The standard InChI is InChI=1S/C19H32N2/c1-3-13-20-19(18-10-6-5-7-11-18)16-21-14-8-9-17(4-2)12-15-21/h5-7,10-11,17,19-20H,3-4,8-9,12-16H2,1-2H3. The van der Waals surface area contributed by atoms with E-state index < -0.39 is 0 Å². The topological polar surface area (TPSA) is 15.3 Å². The number of nitrogens with zero attached hydrogens (tertiary/aromatic N) is 1. The number of benzene rings is 1. The number of hydrogen-bond donors (Lipinski definition) is 1. The molecule has 21 heavy (non-hydrogen) atoms. The van der Waals surface area contributed by atoms with Crippen LogP contribution in [0.15, 0.2) is 30.3 Å². The summed E-state index contributed by atoms with van der Waals surface area (Å²) in [7, 11) is 0. The number of rotatable bonds is 7. The first kappa shape index (κ1) is 16.5. The van der Waals surface area contributed by atoms with Crippen LogP contribution in [0.2, 0.25) is 0 Å². The smallest absolute Gasteiger partial charge is 0.0449 e. The summed E-state index contributed by atoms with van der Waals surface area (Å²) in [6, 6.07) is 11.4. The Morgan fingerprint density at radius 2 is 1.95 bits per heavy atom. The quantitative estimate of drug-likeness (QED) is 0.807. The zero-order valence-corrected chi connectivity index (χ0v) is 13.9. The first-order valence-corrected chi connectivity index (χ1v) is 8.84. The van der Waals surface area contributed by atoms with Crippen molar-refractivity contribution in [2.24, 2.45) is 5.92 Å². The summed E-state index contributed by atoms with van der Waals surface area (Å²) in [6.07, 6.45) is 6.72. The van der Waals surface area contributed by atoms with E-state index >= 15 is 0 Å². The van der Waals surface area contributed by atoms with Crippen LogP contribution in [0.4, 0.5) is 0 Å². The highest BCUT2D eigenvalue weighted by Crippen LogP contribution is 2.22. The average molecular weight is 288 g/mol. The van der Waals surface area contributed by atoms with Crippen LogP contribution < -0.4 is 5.32 Å². The lowest BCUT2D eigenvalue weighted by Gasteiger charge is -2.27.